The molecule has 1 saturated carbocycles. The molecule has 0 amide bonds. The maximum Gasteiger partial charge on any atom is 0.200 e. The van der Waals surface area contributed by atoms with E-state index in [0.29, 0.717) is 34.6 Å². The summed E-state index contributed by atoms with van der Waals surface area (Å²) >= 11 is 0. The van der Waals surface area contributed by atoms with Gasteiger partial charge < -0.3 is 4.74 Å². The number of ether oxygens (including phenoxy) is 1. The van der Waals surface area contributed by atoms with Crippen LogP contribution in [-0.4, -0.2) is 0 Å². The molecule has 1 nitrogen and oxygen atoms in total. The van der Waals surface area contributed by atoms with E-state index in [4.69, 9.17) is 4.74 Å². The maximum atomic E-state index is 14.8. The van der Waals surface area contributed by atoms with Crippen LogP contribution in [0.4, 0.5) is 17.6 Å². The van der Waals surface area contributed by atoms with E-state index < -0.39 is 23.3 Å². The summed E-state index contributed by atoms with van der Waals surface area (Å²) in [5.74, 6) is -2.82. The Bertz CT molecular complexity index is 1160. The van der Waals surface area contributed by atoms with E-state index in [1.165, 1.54) is 6.07 Å². The van der Waals surface area contributed by atoms with Crippen molar-refractivity contribution in [2.45, 2.75) is 77.7 Å². The van der Waals surface area contributed by atoms with Crippen molar-refractivity contribution in [3.8, 4) is 16.9 Å². The predicted molar refractivity (Wildman–Crippen MR) is 136 cm³/mol. The van der Waals surface area contributed by atoms with E-state index in [0.717, 1.165) is 44.9 Å². The molecule has 36 heavy (non-hydrogen) atoms. The van der Waals surface area contributed by atoms with Gasteiger partial charge in [0.15, 0.2) is 23.2 Å². The Morgan fingerprint density at radius 3 is 2.14 bits per heavy atom. The number of benzene rings is 3. The highest BCUT2D eigenvalue weighted by Crippen LogP contribution is 2.39. The van der Waals surface area contributed by atoms with Crippen molar-refractivity contribution in [2.75, 3.05) is 0 Å². The van der Waals surface area contributed by atoms with Gasteiger partial charge in [-0.2, -0.15) is 4.39 Å². The zero-order valence-electron chi connectivity index (χ0n) is 21.1. The molecule has 0 spiro atoms. The second-order valence-electron chi connectivity index (χ2n) is 9.90. The monoisotopic (exact) mass is 498 g/mol. The van der Waals surface area contributed by atoms with Crippen LogP contribution in [-0.2, 0) is 13.0 Å². The molecule has 3 aromatic rings. The normalized spacial score (nSPS) is 17.8. The lowest BCUT2D eigenvalue weighted by Gasteiger charge is -2.28. The van der Waals surface area contributed by atoms with Crippen LogP contribution in [0, 0.1) is 29.2 Å². The first-order valence-electron chi connectivity index (χ1n) is 13.1. The molecule has 3 aromatic carbocycles. The summed E-state index contributed by atoms with van der Waals surface area (Å²) in [6.07, 6.45) is 7.22. The van der Waals surface area contributed by atoms with Crippen molar-refractivity contribution in [1.29, 1.82) is 0 Å². The van der Waals surface area contributed by atoms with Gasteiger partial charge in [0.05, 0.1) is 0 Å². The molecule has 0 heterocycles. The minimum absolute atomic E-state index is 0.0321. The predicted octanol–water partition coefficient (Wildman–Crippen LogP) is 9.52. The van der Waals surface area contributed by atoms with E-state index in [9.17, 15) is 17.6 Å². The average Bonchev–Trinajstić information content (AvgIpc) is 2.91. The van der Waals surface area contributed by atoms with Crippen molar-refractivity contribution in [3.05, 3.63) is 88.5 Å². The standard InChI is InChI=1S/C31H34F4O/c1-3-5-6-24-15-16-25(29(33)28(24)32)23-13-9-21(10-14-23)19-36-27-18-17-26(30(34)31(27)35)22-11-7-20(4-2)8-12-22/h9-10,13-18,20,22H,3-8,11-12,19H2,1-2H3. The molecule has 1 fully saturated rings. The van der Waals surface area contributed by atoms with Crippen molar-refractivity contribution >= 4 is 0 Å². The van der Waals surface area contributed by atoms with Gasteiger partial charge in [0.2, 0.25) is 5.82 Å². The van der Waals surface area contributed by atoms with Crippen LogP contribution in [0.1, 0.15) is 81.4 Å². The SMILES string of the molecule is CCCCc1ccc(-c2ccc(COc3ccc(C4CCC(CC)CC4)c(F)c3F)cc2)c(F)c1F. The van der Waals surface area contributed by atoms with Gasteiger partial charge in [-0.3, -0.25) is 0 Å². The highest BCUT2D eigenvalue weighted by atomic mass is 19.2. The fourth-order valence-corrected chi connectivity index (χ4v) is 5.17. The summed E-state index contributed by atoms with van der Waals surface area (Å²) in [6, 6.07) is 13.2. The third-order valence-corrected chi connectivity index (χ3v) is 7.56. The summed E-state index contributed by atoms with van der Waals surface area (Å²) in [5, 5.41) is 0. The Kier molecular flexibility index (Phi) is 8.71. The minimum Gasteiger partial charge on any atom is -0.486 e. The summed E-state index contributed by atoms with van der Waals surface area (Å²) in [4.78, 5) is 0. The Labute approximate surface area is 211 Å². The molecular weight excluding hydrogens is 464 g/mol. The Hall–Kier alpha value is -2.82. The van der Waals surface area contributed by atoms with Crippen LogP contribution in [0.25, 0.3) is 11.1 Å². The van der Waals surface area contributed by atoms with Gasteiger partial charge >= 0.3 is 0 Å². The third-order valence-electron chi connectivity index (χ3n) is 7.56. The minimum atomic E-state index is -0.956. The highest BCUT2D eigenvalue weighted by molar-refractivity contribution is 5.65. The number of rotatable bonds is 9. The van der Waals surface area contributed by atoms with Crippen LogP contribution in [0.5, 0.6) is 5.75 Å². The molecule has 1 aliphatic rings. The quantitative estimate of drug-likeness (QED) is 0.267. The second kappa shape index (κ2) is 11.9. The fraction of sp³-hybridized carbons (Fsp3) is 0.419. The number of hydrogen-bond donors (Lipinski definition) is 0. The van der Waals surface area contributed by atoms with Crippen LogP contribution >= 0.6 is 0 Å². The third kappa shape index (κ3) is 5.77. The molecular formula is C31H34F4O. The molecule has 0 atom stereocenters. The van der Waals surface area contributed by atoms with E-state index in [1.54, 1.807) is 42.5 Å². The van der Waals surface area contributed by atoms with Gasteiger partial charge in [-0.1, -0.05) is 69.2 Å². The van der Waals surface area contributed by atoms with Gasteiger partial charge in [0.1, 0.15) is 6.61 Å². The summed E-state index contributed by atoms with van der Waals surface area (Å²) in [5.41, 5.74) is 2.26. The first-order chi connectivity index (χ1) is 17.4. The topological polar surface area (TPSA) is 9.23 Å². The second-order valence-corrected chi connectivity index (χ2v) is 9.90. The van der Waals surface area contributed by atoms with Gasteiger partial charge in [0, 0.05) is 5.56 Å². The van der Waals surface area contributed by atoms with Gasteiger partial charge in [-0.15, -0.1) is 0 Å². The number of aryl methyl sites for hydroxylation is 1. The van der Waals surface area contributed by atoms with Crippen molar-refractivity contribution in [3.63, 3.8) is 0 Å². The van der Waals surface area contributed by atoms with Crippen LogP contribution < -0.4 is 4.74 Å². The van der Waals surface area contributed by atoms with Crippen LogP contribution in [0.15, 0.2) is 48.5 Å². The van der Waals surface area contributed by atoms with Crippen molar-refractivity contribution in [1.82, 2.24) is 0 Å². The lowest BCUT2D eigenvalue weighted by Crippen LogP contribution is -2.14. The lowest BCUT2D eigenvalue weighted by atomic mass is 9.77. The molecule has 5 heteroatoms. The highest BCUT2D eigenvalue weighted by Gasteiger charge is 2.26. The maximum absolute atomic E-state index is 14.8. The van der Waals surface area contributed by atoms with E-state index in [2.05, 4.69) is 6.92 Å². The van der Waals surface area contributed by atoms with Gasteiger partial charge in [0.25, 0.3) is 0 Å². The Balaban J connectivity index is 1.41. The smallest absolute Gasteiger partial charge is 0.200 e. The number of hydrogen-bond acceptors (Lipinski definition) is 1. The number of unbranched alkanes of at least 4 members (excludes halogenated alkanes) is 1. The van der Waals surface area contributed by atoms with Crippen molar-refractivity contribution in [2.24, 2.45) is 5.92 Å². The summed E-state index contributed by atoms with van der Waals surface area (Å²) in [7, 11) is 0. The zero-order valence-corrected chi connectivity index (χ0v) is 21.1. The largest absolute Gasteiger partial charge is 0.486 e. The first kappa shape index (κ1) is 26.2. The van der Waals surface area contributed by atoms with Gasteiger partial charge in [-0.05, 0) is 78.7 Å². The molecule has 0 aromatic heterocycles. The average molecular weight is 499 g/mol. The first-order valence-corrected chi connectivity index (χ1v) is 13.1. The van der Waals surface area contributed by atoms with Crippen molar-refractivity contribution < 1.29 is 22.3 Å². The summed E-state index contributed by atoms with van der Waals surface area (Å²) in [6.45, 7) is 4.21. The van der Waals surface area contributed by atoms with Crippen LogP contribution in [0.3, 0.4) is 0 Å². The van der Waals surface area contributed by atoms with E-state index >= 15 is 0 Å². The molecule has 4 rings (SSSR count). The fourth-order valence-electron chi connectivity index (χ4n) is 5.17. The van der Waals surface area contributed by atoms with E-state index in [1.807, 2.05) is 6.92 Å². The summed E-state index contributed by atoms with van der Waals surface area (Å²) < 4.78 is 64.3. The zero-order chi connectivity index (χ0) is 25.7. The molecule has 0 bridgehead atoms. The number of halogens is 4. The Morgan fingerprint density at radius 1 is 0.750 bits per heavy atom. The van der Waals surface area contributed by atoms with Gasteiger partial charge in [-0.25, -0.2) is 13.2 Å². The molecule has 0 saturated heterocycles. The molecule has 0 N–H and O–H groups in total. The molecule has 1 aliphatic carbocycles. The van der Waals surface area contributed by atoms with Crippen LogP contribution in [0.2, 0.25) is 0 Å². The molecule has 192 valence electrons. The molecule has 0 radical (unpaired) electrons. The Morgan fingerprint density at radius 2 is 1.47 bits per heavy atom. The van der Waals surface area contributed by atoms with E-state index in [-0.39, 0.29) is 23.8 Å². The molecule has 0 unspecified atom stereocenters. The molecule has 0 aliphatic heterocycles. The lowest BCUT2D eigenvalue weighted by molar-refractivity contribution is 0.280.